The Kier molecular flexibility index (Phi) is 5.51. The van der Waals surface area contributed by atoms with Gasteiger partial charge in [0.1, 0.15) is 11.6 Å². The molecule has 0 bridgehead atoms. The first-order valence-corrected chi connectivity index (χ1v) is 10.1. The number of carbonyl (C=O) groups is 1. The second-order valence-corrected chi connectivity index (χ2v) is 7.85. The molecule has 29 heavy (non-hydrogen) atoms. The summed E-state index contributed by atoms with van der Waals surface area (Å²) < 4.78 is 28.1. The van der Waals surface area contributed by atoms with E-state index in [0.29, 0.717) is 12.0 Å². The van der Waals surface area contributed by atoms with Crippen LogP contribution in [0.15, 0.2) is 66.2 Å². The summed E-state index contributed by atoms with van der Waals surface area (Å²) in [4.78, 5) is 19.0. The van der Waals surface area contributed by atoms with Crippen LogP contribution in [0.5, 0.6) is 0 Å². The van der Waals surface area contributed by atoms with Crippen LogP contribution in [0.3, 0.4) is 0 Å². The molecule has 148 valence electrons. The van der Waals surface area contributed by atoms with Crippen LogP contribution in [-0.2, 0) is 11.2 Å². The monoisotopic (exact) mass is 411 g/mol. The van der Waals surface area contributed by atoms with Crippen molar-refractivity contribution in [3.8, 4) is 0 Å². The Hall–Kier alpha value is -2.90. The van der Waals surface area contributed by atoms with E-state index in [2.05, 4.69) is 4.98 Å². The van der Waals surface area contributed by atoms with Crippen LogP contribution in [0.25, 0.3) is 5.57 Å². The zero-order valence-corrected chi connectivity index (χ0v) is 16.3. The van der Waals surface area contributed by atoms with E-state index in [-0.39, 0.29) is 18.0 Å². The average Bonchev–Trinajstić information content (AvgIpc) is 3.40. The Morgan fingerprint density at radius 3 is 2.76 bits per heavy atom. The van der Waals surface area contributed by atoms with Crippen LogP contribution in [0.2, 0.25) is 0 Å². The van der Waals surface area contributed by atoms with Gasteiger partial charge in [-0.3, -0.25) is 4.79 Å². The van der Waals surface area contributed by atoms with Crippen molar-refractivity contribution < 1.29 is 13.6 Å². The number of carbonyl (C=O) groups excluding carboxylic acids is 1. The standard InChI is InChI=1S/C22H19F2N3OS/c23-16-6-7-18(24)17(11-16)15-10-20(14-4-2-1-3-5-14)27(13-15)22(28)19(25)12-21-26-8-9-29-21/h1-11,19-20H,12-13,25H2/t19-,20?/m0/s1. The van der Waals surface area contributed by atoms with Crippen LogP contribution < -0.4 is 5.73 Å². The van der Waals surface area contributed by atoms with Crippen LogP contribution in [0.1, 0.15) is 22.2 Å². The molecule has 4 nitrogen and oxygen atoms in total. The van der Waals surface area contributed by atoms with Gasteiger partial charge in [0.25, 0.3) is 0 Å². The molecule has 2 atom stereocenters. The SMILES string of the molecule is N[C@@H](Cc1nccs1)C(=O)N1CC(c2cc(F)ccc2F)=CC1c1ccccc1. The average molecular weight is 411 g/mol. The Morgan fingerprint density at radius 2 is 2.03 bits per heavy atom. The van der Waals surface area contributed by atoms with E-state index in [9.17, 15) is 13.6 Å². The predicted molar refractivity (Wildman–Crippen MR) is 109 cm³/mol. The first kappa shape index (κ1) is 19.4. The van der Waals surface area contributed by atoms with Gasteiger partial charge in [0.15, 0.2) is 0 Å². The van der Waals surface area contributed by atoms with Crippen molar-refractivity contribution in [2.24, 2.45) is 5.73 Å². The van der Waals surface area contributed by atoms with E-state index in [1.807, 2.05) is 35.7 Å². The van der Waals surface area contributed by atoms with Crippen molar-refractivity contribution in [3.05, 3.63) is 94.0 Å². The minimum absolute atomic E-state index is 0.157. The van der Waals surface area contributed by atoms with Crippen molar-refractivity contribution in [3.63, 3.8) is 0 Å². The van der Waals surface area contributed by atoms with Crippen molar-refractivity contribution >= 4 is 22.8 Å². The minimum atomic E-state index is -0.766. The quantitative estimate of drug-likeness (QED) is 0.691. The Balaban J connectivity index is 1.65. The van der Waals surface area contributed by atoms with E-state index < -0.39 is 23.7 Å². The van der Waals surface area contributed by atoms with Crippen molar-refractivity contribution in [2.75, 3.05) is 6.54 Å². The fourth-order valence-electron chi connectivity index (χ4n) is 3.52. The third kappa shape index (κ3) is 4.11. The zero-order chi connectivity index (χ0) is 20.4. The molecule has 4 rings (SSSR count). The molecule has 0 radical (unpaired) electrons. The van der Waals surface area contributed by atoms with Crippen molar-refractivity contribution in [2.45, 2.75) is 18.5 Å². The Labute approximate surface area is 171 Å². The number of nitrogens with two attached hydrogens (primary N) is 1. The molecule has 0 saturated carbocycles. The fraction of sp³-hybridized carbons (Fsp3) is 0.182. The van der Waals surface area contributed by atoms with Crippen LogP contribution >= 0.6 is 11.3 Å². The molecule has 0 fully saturated rings. The number of hydrogen-bond donors (Lipinski definition) is 1. The third-order valence-corrected chi connectivity index (χ3v) is 5.73. The van der Waals surface area contributed by atoms with Gasteiger partial charge < -0.3 is 10.6 Å². The van der Waals surface area contributed by atoms with E-state index in [1.165, 1.54) is 11.3 Å². The first-order valence-electron chi connectivity index (χ1n) is 9.18. The summed E-state index contributed by atoms with van der Waals surface area (Å²) >= 11 is 1.44. The largest absolute Gasteiger partial charge is 0.326 e. The highest BCUT2D eigenvalue weighted by atomic mass is 32.1. The Morgan fingerprint density at radius 1 is 1.24 bits per heavy atom. The minimum Gasteiger partial charge on any atom is -0.326 e. The number of nitrogens with zero attached hydrogens (tertiary/aromatic N) is 2. The summed E-state index contributed by atoms with van der Waals surface area (Å²) in [6.07, 6.45) is 3.81. The highest BCUT2D eigenvalue weighted by Crippen LogP contribution is 2.36. The molecule has 1 aromatic heterocycles. The lowest BCUT2D eigenvalue weighted by Gasteiger charge is -2.27. The highest BCUT2D eigenvalue weighted by molar-refractivity contribution is 7.09. The molecule has 2 N–H and O–H groups in total. The van der Waals surface area contributed by atoms with Gasteiger partial charge in [-0.2, -0.15) is 0 Å². The number of amides is 1. The fourth-order valence-corrected chi connectivity index (χ4v) is 4.19. The van der Waals surface area contributed by atoms with Gasteiger partial charge in [-0.05, 0) is 29.3 Å². The van der Waals surface area contributed by atoms with E-state index in [4.69, 9.17) is 5.73 Å². The lowest BCUT2D eigenvalue weighted by Crippen LogP contribution is -2.45. The maximum atomic E-state index is 14.3. The number of rotatable bonds is 5. The van der Waals surface area contributed by atoms with Crippen LogP contribution in [0, 0.1) is 11.6 Å². The molecular weight excluding hydrogens is 392 g/mol. The number of hydrogen-bond acceptors (Lipinski definition) is 4. The maximum absolute atomic E-state index is 14.3. The molecule has 2 aromatic carbocycles. The molecule has 1 aliphatic rings. The summed E-state index contributed by atoms with van der Waals surface area (Å²) in [6.45, 7) is 0.157. The molecule has 1 amide bonds. The molecule has 1 aliphatic heterocycles. The summed E-state index contributed by atoms with van der Waals surface area (Å²) in [5.74, 6) is -1.30. The van der Waals surface area contributed by atoms with Gasteiger partial charge in [0, 0.05) is 30.1 Å². The molecule has 7 heteroatoms. The van der Waals surface area contributed by atoms with E-state index in [1.54, 1.807) is 17.2 Å². The lowest BCUT2D eigenvalue weighted by atomic mass is 10.0. The summed E-state index contributed by atoms with van der Waals surface area (Å²) in [5.41, 5.74) is 7.79. The zero-order valence-electron chi connectivity index (χ0n) is 15.5. The smallest absolute Gasteiger partial charge is 0.240 e. The molecule has 3 aromatic rings. The van der Waals surface area contributed by atoms with Gasteiger partial charge in [-0.25, -0.2) is 13.8 Å². The van der Waals surface area contributed by atoms with Gasteiger partial charge in [-0.15, -0.1) is 11.3 Å². The third-order valence-electron chi connectivity index (χ3n) is 4.93. The number of thiazole rings is 1. The van der Waals surface area contributed by atoms with Crippen LogP contribution in [0.4, 0.5) is 8.78 Å². The van der Waals surface area contributed by atoms with Gasteiger partial charge in [-0.1, -0.05) is 36.4 Å². The highest BCUT2D eigenvalue weighted by Gasteiger charge is 2.34. The normalized spacial score (nSPS) is 17.3. The predicted octanol–water partition coefficient (Wildman–Crippen LogP) is 3.96. The van der Waals surface area contributed by atoms with Crippen LogP contribution in [-0.4, -0.2) is 28.4 Å². The summed E-state index contributed by atoms with van der Waals surface area (Å²) in [5, 5.41) is 2.62. The molecule has 0 saturated heterocycles. The van der Waals surface area contributed by atoms with Crippen molar-refractivity contribution in [1.29, 1.82) is 0 Å². The maximum Gasteiger partial charge on any atom is 0.240 e. The number of benzene rings is 2. The molecule has 2 heterocycles. The van der Waals surface area contributed by atoms with Gasteiger partial charge in [0.2, 0.25) is 5.91 Å². The van der Waals surface area contributed by atoms with Crippen molar-refractivity contribution in [1.82, 2.24) is 9.88 Å². The van der Waals surface area contributed by atoms with Gasteiger partial charge in [0.05, 0.1) is 17.1 Å². The summed E-state index contributed by atoms with van der Waals surface area (Å²) in [6, 6.07) is 11.6. The lowest BCUT2D eigenvalue weighted by molar-refractivity contribution is -0.133. The second kappa shape index (κ2) is 8.23. The Bertz CT molecular complexity index is 1040. The first-order chi connectivity index (χ1) is 14.0. The second-order valence-electron chi connectivity index (χ2n) is 6.87. The molecule has 1 unspecified atom stereocenters. The van der Waals surface area contributed by atoms with Gasteiger partial charge >= 0.3 is 0 Å². The van der Waals surface area contributed by atoms with E-state index in [0.717, 1.165) is 28.8 Å². The topological polar surface area (TPSA) is 59.2 Å². The number of halogens is 2. The molecule has 0 spiro atoms. The number of aromatic nitrogens is 1. The molecule has 0 aliphatic carbocycles. The van der Waals surface area contributed by atoms with E-state index >= 15 is 0 Å². The molecular formula is C22H19F2N3OS. The summed E-state index contributed by atoms with van der Waals surface area (Å²) in [7, 11) is 0.